The van der Waals surface area contributed by atoms with Crippen LogP contribution >= 0.6 is 0 Å². The van der Waals surface area contributed by atoms with Crippen molar-refractivity contribution in [1.29, 1.82) is 0 Å². The molecule has 26 heavy (non-hydrogen) atoms. The molecule has 0 saturated heterocycles. The molecule has 0 spiro atoms. The van der Waals surface area contributed by atoms with Crippen LogP contribution in [0.1, 0.15) is 50.7 Å². The summed E-state index contributed by atoms with van der Waals surface area (Å²) in [4.78, 5) is 0. The maximum atomic E-state index is 2.33. The maximum Gasteiger partial charge on any atom is -0.0105 e. The van der Waals surface area contributed by atoms with Gasteiger partial charge in [-0.05, 0) is 61.7 Å². The Balaban J connectivity index is 1.80. The predicted octanol–water partition coefficient (Wildman–Crippen LogP) is 7.91. The molecule has 0 aromatic heterocycles. The van der Waals surface area contributed by atoms with Crippen molar-refractivity contribution < 1.29 is 0 Å². The van der Waals surface area contributed by atoms with Gasteiger partial charge in [-0.15, -0.1) is 0 Å². The van der Waals surface area contributed by atoms with Crippen molar-refractivity contribution >= 4 is 21.5 Å². The zero-order valence-corrected chi connectivity index (χ0v) is 16.1. The van der Waals surface area contributed by atoms with Gasteiger partial charge < -0.3 is 0 Å². The minimum Gasteiger partial charge on any atom is -0.0587 e. The molecule has 4 aromatic rings. The summed E-state index contributed by atoms with van der Waals surface area (Å²) >= 11 is 0. The minimum absolute atomic E-state index is 0.561. The van der Waals surface area contributed by atoms with E-state index in [0.717, 1.165) is 0 Å². The number of hydrogen-bond acceptors (Lipinski definition) is 0. The molecular weight excluding hydrogens is 312 g/mol. The van der Waals surface area contributed by atoms with Gasteiger partial charge >= 0.3 is 0 Å². The van der Waals surface area contributed by atoms with Crippen LogP contribution in [-0.2, 0) is 0 Å². The molecule has 0 bridgehead atoms. The number of rotatable bonds is 3. The van der Waals surface area contributed by atoms with Crippen molar-refractivity contribution in [2.75, 3.05) is 0 Å². The summed E-state index contributed by atoms with van der Waals surface area (Å²) in [7, 11) is 0. The van der Waals surface area contributed by atoms with E-state index in [0.29, 0.717) is 11.8 Å². The second kappa shape index (κ2) is 6.61. The van der Waals surface area contributed by atoms with Crippen LogP contribution in [0.2, 0.25) is 0 Å². The van der Waals surface area contributed by atoms with Crippen LogP contribution in [0.3, 0.4) is 0 Å². The van der Waals surface area contributed by atoms with Crippen molar-refractivity contribution in [2.24, 2.45) is 0 Å². The van der Waals surface area contributed by atoms with E-state index < -0.39 is 0 Å². The van der Waals surface area contributed by atoms with E-state index in [1.807, 2.05) is 0 Å². The monoisotopic (exact) mass is 338 g/mol. The van der Waals surface area contributed by atoms with Gasteiger partial charge in [-0.25, -0.2) is 0 Å². The third kappa shape index (κ3) is 3.01. The van der Waals surface area contributed by atoms with Crippen molar-refractivity contribution in [3.8, 4) is 11.1 Å². The van der Waals surface area contributed by atoms with E-state index in [-0.39, 0.29) is 0 Å². The lowest BCUT2D eigenvalue weighted by atomic mass is 9.94. The molecular formula is C26H26. The minimum atomic E-state index is 0.561. The molecule has 0 amide bonds. The summed E-state index contributed by atoms with van der Waals surface area (Å²) in [6, 6.07) is 27.2. The van der Waals surface area contributed by atoms with Crippen molar-refractivity contribution in [3.05, 3.63) is 83.9 Å². The van der Waals surface area contributed by atoms with Crippen LogP contribution < -0.4 is 0 Å². The Bertz CT molecular complexity index is 1070. The van der Waals surface area contributed by atoms with E-state index >= 15 is 0 Å². The lowest BCUT2D eigenvalue weighted by Gasteiger charge is -2.11. The number of fused-ring (bicyclic) bond motifs is 3. The summed E-state index contributed by atoms with van der Waals surface area (Å²) in [6.45, 7) is 8.97. The largest absolute Gasteiger partial charge is 0.0587 e. The first kappa shape index (κ1) is 16.8. The SMILES string of the molecule is CC(C)c1ccc(-c2ccc3c(ccc4cc(C(C)C)ccc43)c2)cc1. The summed E-state index contributed by atoms with van der Waals surface area (Å²) in [5.41, 5.74) is 5.36. The van der Waals surface area contributed by atoms with Crippen molar-refractivity contribution in [1.82, 2.24) is 0 Å². The fourth-order valence-electron chi connectivity index (χ4n) is 3.69. The van der Waals surface area contributed by atoms with Crippen molar-refractivity contribution in [2.45, 2.75) is 39.5 Å². The van der Waals surface area contributed by atoms with Gasteiger partial charge in [0, 0.05) is 0 Å². The lowest BCUT2D eigenvalue weighted by molar-refractivity contribution is 0.867. The fraction of sp³-hybridized carbons (Fsp3) is 0.231. The Morgan fingerprint density at radius 2 is 0.962 bits per heavy atom. The summed E-state index contributed by atoms with van der Waals surface area (Å²) < 4.78 is 0. The fourth-order valence-corrected chi connectivity index (χ4v) is 3.69. The Morgan fingerprint density at radius 3 is 1.58 bits per heavy atom. The highest BCUT2D eigenvalue weighted by Crippen LogP contribution is 2.31. The average Bonchev–Trinajstić information content (AvgIpc) is 2.67. The van der Waals surface area contributed by atoms with Crippen LogP contribution in [-0.4, -0.2) is 0 Å². The number of hydrogen-bond donors (Lipinski definition) is 0. The Kier molecular flexibility index (Phi) is 4.28. The topological polar surface area (TPSA) is 0 Å². The molecule has 4 aromatic carbocycles. The van der Waals surface area contributed by atoms with E-state index in [9.17, 15) is 0 Å². The van der Waals surface area contributed by atoms with Gasteiger partial charge in [-0.3, -0.25) is 0 Å². The van der Waals surface area contributed by atoms with E-state index in [2.05, 4.69) is 100 Å². The third-order valence-electron chi connectivity index (χ3n) is 5.44. The molecule has 0 N–H and O–H groups in total. The summed E-state index contributed by atoms with van der Waals surface area (Å²) in [5.74, 6) is 1.13. The van der Waals surface area contributed by atoms with E-state index in [4.69, 9.17) is 0 Å². The Hall–Kier alpha value is -2.60. The van der Waals surface area contributed by atoms with E-state index in [1.165, 1.54) is 43.8 Å². The standard InChI is InChI=1S/C26H26/c1-17(2)19-5-7-20(8-6-19)22-12-14-26-24(16-22)10-9-23-15-21(18(3)4)11-13-25(23)26/h5-18H,1-4H3. The van der Waals surface area contributed by atoms with Gasteiger partial charge in [0.2, 0.25) is 0 Å². The molecule has 0 nitrogen and oxygen atoms in total. The van der Waals surface area contributed by atoms with Crippen LogP contribution in [0.5, 0.6) is 0 Å². The van der Waals surface area contributed by atoms with Crippen LogP contribution in [0.15, 0.2) is 72.8 Å². The molecule has 0 radical (unpaired) electrons. The smallest absolute Gasteiger partial charge is 0.0105 e. The first-order chi connectivity index (χ1) is 12.5. The molecule has 130 valence electrons. The lowest BCUT2D eigenvalue weighted by Crippen LogP contribution is -1.88. The van der Waals surface area contributed by atoms with Gasteiger partial charge in [-0.1, -0.05) is 94.4 Å². The Labute approximate surface area is 156 Å². The van der Waals surface area contributed by atoms with E-state index in [1.54, 1.807) is 0 Å². The molecule has 0 aliphatic heterocycles. The molecule has 0 atom stereocenters. The highest BCUT2D eigenvalue weighted by molar-refractivity contribution is 6.08. The van der Waals surface area contributed by atoms with Crippen LogP contribution in [0.4, 0.5) is 0 Å². The molecule has 0 heteroatoms. The molecule has 4 rings (SSSR count). The molecule has 0 fully saturated rings. The average molecular weight is 338 g/mol. The molecule has 0 aliphatic carbocycles. The highest BCUT2D eigenvalue weighted by Gasteiger charge is 2.06. The van der Waals surface area contributed by atoms with Gasteiger partial charge in [0.15, 0.2) is 0 Å². The zero-order chi connectivity index (χ0) is 18.3. The number of benzene rings is 4. The molecule has 0 unspecified atom stereocenters. The zero-order valence-electron chi connectivity index (χ0n) is 16.1. The molecule has 0 aliphatic rings. The molecule has 0 saturated carbocycles. The predicted molar refractivity (Wildman–Crippen MR) is 115 cm³/mol. The third-order valence-corrected chi connectivity index (χ3v) is 5.44. The summed E-state index contributed by atoms with van der Waals surface area (Å²) in [6.07, 6.45) is 0. The second-order valence-corrected chi connectivity index (χ2v) is 7.91. The summed E-state index contributed by atoms with van der Waals surface area (Å²) in [5, 5.41) is 5.31. The van der Waals surface area contributed by atoms with Gasteiger partial charge in [0.25, 0.3) is 0 Å². The van der Waals surface area contributed by atoms with Crippen molar-refractivity contribution in [3.63, 3.8) is 0 Å². The molecule has 0 heterocycles. The normalized spacial score (nSPS) is 11.8. The van der Waals surface area contributed by atoms with Gasteiger partial charge in [-0.2, -0.15) is 0 Å². The van der Waals surface area contributed by atoms with Crippen LogP contribution in [0.25, 0.3) is 32.7 Å². The first-order valence-corrected chi connectivity index (χ1v) is 9.59. The van der Waals surface area contributed by atoms with Crippen LogP contribution in [0, 0.1) is 0 Å². The second-order valence-electron chi connectivity index (χ2n) is 7.91. The van der Waals surface area contributed by atoms with Gasteiger partial charge in [0.1, 0.15) is 0 Å². The highest BCUT2D eigenvalue weighted by atomic mass is 14.1. The van der Waals surface area contributed by atoms with Gasteiger partial charge in [0.05, 0.1) is 0 Å². The maximum absolute atomic E-state index is 2.33. The Morgan fingerprint density at radius 1 is 0.462 bits per heavy atom. The quantitative estimate of drug-likeness (QED) is 0.333. The first-order valence-electron chi connectivity index (χ1n) is 9.59.